The van der Waals surface area contributed by atoms with E-state index in [1.807, 2.05) is 24.3 Å². The molecule has 0 spiro atoms. The molecule has 7 nitrogen and oxygen atoms in total. The fraction of sp³-hybridized carbons (Fsp3) is 0.222. The minimum absolute atomic E-state index is 0.162. The third-order valence-corrected chi connectivity index (χ3v) is 5.93. The summed E-state index contributed by atoms with van der Waals surface area (Å²) < 4.78 is 11.0. The van der Waals surface area contributed by atoms with E-state index in [-0.39, 0.29) is 18.3 Å². The highest BCUT2D eigenvalue weighted by molar-refractivity contribution is 6.34. The standard InChI is InChI=1S/C27H26N2O5/c1-4-17(2)18-9-12-20(13-10-18)34-16-25(30)28-19-11-14-23(24(15-19)33-3)29-26(31)21-7-5-6-8-22(21)27(29)32/h5-15,17H,4,16H2,1-3H3,(H,28,30)/t17-/m0/s1. The summed E-state index contributed by atoms with van der Waals surface area (Å²) in [5.41, 5.74) is 2.69. The van der Waals surface area contributed by atoms with E-state index in [1.54, 1.807) is 42.5 Å². The predicted molar refractivity (Wildman–Crippen MR) is 130 cm³/mol. The molecule has 0 radical (unpaired) electrons. The van der Waals surface area contributed by atoms with E-state index in [9.17, 15) is 14.4 Å². The van der Waals surface area contributed by atoms with Crippen LogP contribution in [0.3, 0.4) is 0 Å². The Labute approximate surface area is 198 Å². The van der Waals surface area contributed by atoms with Gasteiger partial charge in [-0.1, -0.05) is 38.1 Å². The molecule has 0 fully saturated rings. The third-order valence-electron chi connectivity index (χ3n) is 5.93. The van der Waals surface area contributed by atoms with Crippen molar-refractivity contribution in [2.24, 2.45) is 0 Å². The Balaban J connectivity index is 1.42. The Morgan fingerprint density at radius 1 is 0.971 bits per heavy atom. The van der Waals surface area contributed by atoms with Gasteiger partial charge in [-0.25, -0.2) is 4.90 Å². The molecule has 0 aliphatic carbocycles. The molecular weight excluding hydrogens is 432 g/mol. The number of hydrogen-bond donors (Lipinski definition) is 1. The van der Waals surface area contributed by atoms with Crippen molar-refractivity contribution in [2.75, 3.05) is 23.9 Å². The highest BCUT2D eigenvalue weighted by atomic mass is 16.5. The Kier molecular flexibility index (Phi) is 6.63. The molecule has 1 aliphatic rings. The van der Waals surface area contributed by atoms with Gasteiger partial charge in [0.25, 0.3) is 17.7 Å². The van der Waals surface area contributed by atoms with Crippen molar-refractivity contribution < 1.29 is 23.9 Å². The normalized spacial score (nSPS) is 13.4. The number of nitrogens with zero attached hydrogens (tertiary/aromatic N) is 1. The lowest BCUT2D eigenvalue weighted by molar-refractivity contribution is -0.118. The largest absolute Gasteiger partial charge is 0.494 e. The molecule has 4 rings (SSSR count). The molecule has 0 aromatic heterocycles. The van der Waals surface area contributed by atoms with Crippen molar-refractivity contribution in [3.63, 3.8) is 0 Å². The van der Waals surface area contributed by atoms with Crippen LogP contribution in [0.1, 0.15) is 52.5 Å². The minimum atomic E-state index is -0.413. The molecule has 1 aliphatic heterocycles. The molecule has 0 saturated carbocycles. The number of nitrogens with one attached hydrogen (secondary N) is 1. The lowest BCUT2D eigenvalue weighted by atomic mass is 9.99. The smallest absolute Gasteiger partial charge is 0.266 e. The Morgan fingerprint density at radius 3 is 2.21 bits per heavy atom. The van der Waals surface area contributed by atoms with Crippen LogP contribution in [0.15, 0.2) is 66.7 Å². The molecule has 3 aromatic rings. The topological polar surface area (TPSA) is 84.9 Å². The molecular formula is C27H26N2O5. The molecule has 1 atom stereocenters. The first kappa shape index (κ1) is 23.0. The molecule has 0 saturated heterocycles. The molecule has 0 unspecified atom stereocenters. The number of ether oxygens (including phenoxy) is 2. The fourth-order valence-electron chi connectivity index (χ4n) is 3.82. The number of carbonyl (C=O) groups excluding carboxylic acids is 3. The van der Waals surface area contributed by atoms with Crippen LogP contribution in [0, 0.1) is 0 Å². The van der Waals surface area contributed by atoms with Crippen molar-refractivity contribution in [3.05, 3.63) is 83.4 Å². The number of imide groups is 1. The second kappa shape index (κ2) is 9.79. The van der Waals surface area contributed by atoms with E-state index < -0.39 is 11.8 Å². The van der Waals surface area contributed by atoms with Crippen molar-refractivity contribution in [1.82, 2.24) is 0 Å². The van der Waals surface area contributed by atoms with E-state index in [4.69, 9.17) is 9.47 Å². The predicted octanol–water partition coefficient (Wildman–Crippen LogP) is 5.03. The molecule has 7 heteroatoms. The molecule has 34 heavy (non-hydrogen) atoms. The molecule has 0 bridgehead atoms. The summed E-state index contributed by atoms with van der Waals surface area (Å²) >= 11 is 0. The van der Waals surface area contributed by atoms with Gasteiger partial charge in [0.2, 0.25) is 0 Å². The number of hydrogen-bond acceptors (Lipinski definition) is 5. The van der Waals surface area contributed by atoms with Gasteiger partial charge in [0.15, 0.2) is 6.61 Å². The zero-order valence-electron chi connectivity index (χ0n) is 19.3. The van der Waals surface area contributed by atoms with Crippen LogP contribution in [-0.4, -0.2) is 31.4 Å². The van der Waals surface area contributed by atoms with Crippen LogP contribution in [0.5, 0.6) is 11.5 Å². The van der Waals surface area contributed by atoms with Gasteiger partial charge in [-0.05, 0) is 54.3 Å². The van der Waals surface area contributed by atoms with E-state index in [2.05, 4.69) is 19.2 Å². The number of anilines is 2. The monoisotopic (exact) mass is 458 g/mol. The first-order chi connectivity index (χ1) is 16.4. The number of carbonyl (C=O) groups is 3. The average Bonchev–Trinajstić information content (AvgIpc) is 3.12. The first-order valence-corrected chi connectivity index (χ1v) is 11.1. The minimum Gasteiger partial charge on any atom is -0.494 e. The summed E-state index contributed by atoms with van der Waals surface area (Å²) in [6.45, 7) is 4.14. The maximum Gasteiger partial charge on any atom is 0.266 e. The van der Waals surface area contributed by atoms with Gasteiger partial charge >= 0.3 is 0 Å². The molecule has 174 valence electrons. The lowest BCUT2D eigenvalue weighted by Crippen LogP contribution is -2.29. The van der Waals surface area contributed by atoms with Crippen LogP contribution in [0.25, 0.3) is 0 Å². The Hall–Kier alpha value is -4.13. The summed E-state index contributed by atoms with van der Waals surface area (Å²) in [7, 11) is 1.44. The molecule has 1 heterocycles. The van der Waals surface area contributed by atoms with E-state index in [1.165, 1.54) is 12.7 Å². The summed E-state index contributed by atoms with van der Waals surface area (Å²) in [5, 5.41) is 2.75. The summed E-state index contributed by atoms with van der Waals surface area (Å²) in [5.74, 6) is 0.193. The zero-order valence-corrected chi connectivity index (χ0v) is 19.3. The van der Waals surface area contributed by atoms with Crippen molar-refractivity contribution >= 4 is 29.1 Å². The summed E-state index contributed by atoms with van der Waals surface area (Å²) in [6, 6.07) is 19.1. The van der Waals surface area contributed by atoms with Gasteiger partial charge in [0.1, 0.15) is 11.5 Å². The van der Waals surface area contributed by atoms with Gasteiger partial charge in [-0.3, -0.25) is 14.4 Å². The quantitative estimate of drug-likeness (QED) is 0.479. The zero-order chi connectivity index (χ0) is 24.2. The number of benzene rings is 3. The van der Waals surface area contributed by atoms with Crippen molar-refractivity contribution in [3.8, 4) is 11.5 Å². The lowest BCUT2D eigenvalue weighted by Gasteiger charge is -2.18. The first-order valence-electron chi connectivity index (χ1n) is 11.1. The van der Waals surface area contributed by atoms with Gasteiger partial charge < -0.3 is 14.8 Å². The van der Waals surface area contributed by atoms with E-state index >= 15 is 0 Å². The van der Waals surface area contributed by atoms with Gasteiger partial charge in [0, 0.05) is 11.8 Å². The third kappa shape index (κ3) is 4.50. The number of amides is 3. The summed E-state index contributed by atoms with van der Waals surface area (Å²) in [6.07, 6.45) is 1.05. The maximum absolute atomic E-state index is 12.8. The van der Waals surface area contributed by atoms with E-state index in [0.29, 0.717) is 34.2 Å². The van der Waals surface area contributed by atoms with Gasteiger partial charge in [0.05, 0.1) is 23.9 Å². The number of rotatable bonds is 8. The van der Waals surface area contributed by atoms with Gasteiger partial charge in [-0.15, -0.1) is 0 Å². The number of methoxy groups -OCH3 is 1. The van der Waals surface area contributed by atoms with E-state index in [0.717, 1.165) is 11.3 Å². The highest BCUT2D eigenvalue weighted by Gasteiger charge is 2.37. The summed E-state index contributed by atoms with van der Waals surface area (Å²) in [4.78, 5) is 39.1. The Morgan fingerprint density at radius 2 is 1.62 bits per heavy atom. The van der Waals surface area contributed by atoms with Crippen LogP contribution in [-0.2, 0) is 4.79 Å². The number of fused-ring (bicyclic) bond motifs is 1. The van der Waals surface area contributed by atoms with Crippen molar-refractivity contribution in [2.45, 2.75) is 26.2 Å². The average molecular weight is 459 g/mol. The Bertz CT molecular complexity index is 1200. The second-order valence-electron chi connectivity index (χ2n) is 8.09. The van der Waals surface area contributed by atoms with Crippen LogP contribution in [0.2, 0.25) is 0 Å². The molecule has 1 N–H and O–H groups in total. The van der Waals surface area contributed by atoms with Gasteiger partial charge in [-0.2, -0.15) is 0 Å². The van der Waals surface area contributed by atoms with Crippen LogP contribution in [0.4, 0.5) is 11.4 Å². The van der Waals surface area contributed by atoms with Crippen molar-refractivity contribution in [1.29, 1.82) is 0 Å². The highest BCUT2D eigenvalue weighted by Crippen LogP contribution is 2.36. The second-order valence-corrected chi connectivity index (χ2v) is 8.09. The van der Waals surface area contributed by atoms with Crippen LogP contribution < -0.4 is 19.7 Å². The maximum atomic E-state index is 12.8. The SMILES string of the molecule is CC[C@H](C)c1ccc(OCC(=O)Nc2ccc(N3C(=O)c4ccccc4C3=O)c(OC)c2)cc1. The molecule has 3 aromatic carbocycles. The van der Waals surface area contributed by atoms with Crippen LogP contribution >= 0.6 is 0 Å². The fourth-order valence-corrected chi connectivity index (χ4v) is 3.82. The molecule has 3 amide bonds.